The van der Waals surface area contributed by atoms with Gasteiger partial charge in [0.15, 0.2) is 0 Å². The van der Waals surface area contributed by atoms with Crippen molar-refractivity contribution in [2.45, 2.75) is 30.9 Å². The Morgan fingerprint density at radius 1 is 1.38 bits per heavy atom. The fraction of sp³-hybridized carbons (Fsp3) is 0.500. The highest BCUT2D eigenvalue weighted by Gasteiger charge is 2.32. The van der Waals surface area contributed by atoms with Gasteiger partial charge in [-0.3, -0.25) is 4.99 Å². The lowest BCUT2D eigenvalue weighted by atomic mass is 9.88. The number of hydrogen-bond donors (Lipinski definition) is 2. The summed E-state index contributed by atoms with van der Waals surface area (Å²) in [7, 11) is 0. The van der Waals surface area contributed by atoms with E-state index in [2.05, 4.69) is 10.3 Å². The number of aliphatic imine (C=N–C) groups is 1. The largest absolute Gasteiger partial charge is 0.379 e. The van der Waals surface area contributed by atoms with E-state index >= 15 is 0 Å². The van der Waals surface area contributed by atoms with E-state index in [9.17, 15) is 5.11 Å². The highest BCUT2D eigenvalue weighted by atomic mass is 16.3. The molecule has 0 spiro atoms. The summed E-state index contributed by atoms with van der Waals surface area (Å²) in [5.74, 6) is 0. The van der Waals surface area contributed by atoms with E-state index in [0.717, 1.165) is 19.3 Å². The van der Waals surface area contributed by atoms with Crippen molar-refractivity contribution < 1.29 is 5.11 Å². The molecule has 13 heavy (non-hydrogen) atoms. The first-order chi connectivity index (χ1) is 6.31. The molecule has 0 aromatic carbocycles. The van der Waals surface area contributed by atoms with Crippen molar-refractivity contribution in [3.05, 3.63) is 24.6 Å². The molecule has 2 aliphatic rings. The highest BCUT2D eigenvalue weighted by molar-refractivity contribution is 5.58. The summed E-state index contributed by atoms with van der Waals surface area (Å²) in [5.41, 5.74) is -0.873. The summed E-state index contributed by atoms with van der Waals surface area (Å²) >= 11 is 0. The molecule has 0 aromatic rings. The quantitative estimate of drug-likeness (QED) is 0.628. The van der Waals surface area contributed by atoms with Gasteiger partial charge in [-0.2, -0.15) is 0 Å². The molecular weight excluding hydrogens is 164 g/mol. The molecule has 0 saturated carbocycles. The molecule has 2 rings (SSSR count). The van der Waals surface area contributed by atoms with Gasteiger partial charge in [-0.05, 0) is 50.0 Å². The lowest BCUT2D eigenvalue weighted by molar-refractivity contribution is 0.105. The Morgan fingerprint density at radius 3 is 2.77 bits per heavy atom. The zero-order chi connectivity index (χ0) is 9.15. The summed E-state index contributed by atoms with van der Waals surface area (Å²) in [6.45, 7) is 0. The van der Waals surface area contributed by atoms with Crippen molar-refractivity contribution in [2.75, 3.05) is 0 Å². The minimum absolute atomic E-state index is 0.00384. The van der Waals surface area contributed by atoms with Gasteiger partial charge in [0.05, 0.1) is 6.04 Å². The summed E-state index contributed by atoms with van der Waals surface area (Å²) in [4.78, 5) is 4.32. The van der Waals surface area contributed by atoms with E-state index in [0.29, 0.717) is 0 Å². The number of aliphatic hydroxyl groups is 1. The first kappa shape index (κ1) is 8.51. The monoisotopic (exact) mass is 178 g/mol. The van der Waals surface area contributed by atoms with Crippen LogP contribution >= 0.6 is 0 Å². The zero-order valence-electron chi connectivity index (χ0n) is 7.48. The molecule has 70 valence electrons. The normalized spacial score (nSPS) is 30.1. The van der Waals surface area contributed by atoms with Crippen LogP contribution in [0.25, 0.3) is 0 Å². The Morgan fingerprint density at radius 2 is 2.15 bits per heavy atom. The molecule has 0 saturated heterocycles. The minimum Gasteiger partial charge on any atom is -0.379 e. The number of rotatable bonds is 1. The molecule has 0 bridgehead atoms. The Bertz CT molecular complexity index is 256. The van der Waals surface area contributed by atoms with Crippen LogP contribution in [0.4, 0.5) is 0 Å². The summed E-state index contributed by atoms with van der Waals surface area (Å²) < 4.78 is 0. The molecule has 0 aromatic heterocycles. The molecule has 0 fully saturated rings. The predicted molar refractivity (Wildman–Crippen MR) is 52.5 cm³/mol. The summed E-state index contributed by atoms with van der Waals surface area (Å²) in [6, 6.07) is -0.00384. The van der Waals surface area contributed by atoms with E-state index in [4.69, 9.17) is 0 Å². The number of nitrogens with one attached hydrogen (secondary N) is 1. The molecule has 3 nitrogen and oxygen atoms in total. The molecule has 0 aliphatic carbocycles. The summed E-state index contributed by atoms with van der Waals surface area (Å²) in [6.07, 6.45) is 12.1. The fourth-order valence-electron chi connectivity index (χ4n) is 1.73. The molecule has 1 unspecified atom stereocenters. The lowest BCUT2D eigenvalue weighted by Crippen LogP contribution is -2.40. The van der Waals surface area contributed by atoms with Gasteiger partial charge in [0.25, 0.3) is 0 Å². The van der Waals surface area contributed by atoms with Crippen LogP contribution < -0.4 is 5.32 Å². The first-order valence-corrected chi connectivity index (χ1v) is 4.67. The lowest BCUT2D eigenvalue weighted by Gasteiger charge is -2.31. The topological polar surface area (TPSA) is 44.6 Å². The van der Waals surface area contributed by atoms with Crippen LogP contribution in [0, 0.1) is 0 Å². The Hall–Kier alpha value is -1.09. The molecule has 1 atom stereocenters. The van der Waals surface area contributed by atoms with Crippen molar-refractivity contribution in [2.24, 2.45) is 4.99 Å². The van der Waals surface area contributed by atoms with Crippen molar-refractivity contribution in [3.8, 4) is 0 Å². The van der Waals surface area contributed by atoms with Crippen molar-refractivity contribution >= 4 is 6.21 Å². The minimum atomic E-state index is -0.873. The van der Waals surface area contributed by atoms with Gasteiger partial charge in [-0.15, -0.1) is 0 Å². The highest BCUT2D eigenvalue weighted by Crippen LogP contribution is 2.25. The average molecular weight is 178 g/mol. The van der Waals surface area contributed by atoms with E-state index in [-0.39, 0.29) is 6.04 Å². The number of nitrogens with zero attached hydrogens (tertiary/aromatic N) is 1. The third-order valence-corrected chi connectivity index (χ3v) is 2.52. The van der Waals surface area contributed by atoms with Gasteiger partial charge in [0.1, 0.15) is 5.60 Å². The van der Waals surface area contributed by atoms with Crippen LogP contribution in [-0.2, 0) is 0 Å². The van der Waals surface area contributed by atoms with E-state index in [1.54, 1.807) is 24.6 Å². The molecule has 2 heterocycles. The van der Waals surface area contributed by atoms with Gasteiger partial charge in [-0.1, -0.05) is 0 Å². The van der Waals surface area contributed by atoms with Crippen LogP contribution in [0.2, 0.25) is 0 Å². The van der Waals surface area contributed by atoms with Crippen molar-refractivity contribution in [3.63, 3.8) is 0 Å². The van der Waals surface area contributed by atoms with E-state index in [1.807, 2.05) is 6.21 Å². The fourth-order valence-corrected chi connectivity index (χ4v) is 1.73. The first-order valence-electron chi connectivity index (χ1n) is 4.67. The third kappa shape index (κ3) is 1.65. The number of dihydropyridines is 1. The Balaban J connectivity index is 2.17. The van der Waals surface area contributed by atoms with Crippen LogP contribution in [0.3, 0.4) is 0 Å². The maximum atomic E-state index is 10.2. The molecular formula is C10H14N2O. The van der Waals surface area contributed by atoms with E-state index < -0.39 is 5.60 Å². The van der Waals surface area contributed by atoms with Crippen LogP contribution in [0.15, 0.2) is 29.5 Å². The zero-order valence-corrected chi connectivity index (χ0v) is 7.48. The predicted octanol–water partition coefficient (Wildman–Crippen LogP) is 0.971. The van der Waals surface area contributed by atoms with Gasteiger partial charge in [-0.25, -0.2) is 0 Å². The average Bonchev–Trinajstić information content (AvgIpc) is 2.20. The van der Waals surface area contributed by atoms with Crippen LogP contribution in [0.1, 0.15) is 19.3 Å². The number of hydrogen-bond acceptors (Lipinski definition) is 3. The molecule has 2 N–H and O–H groups in total. The van der Waals surface area contributed by atoms with Crippen LogP contribution in [-0.4, -0.2) is 23.0 Å². The van der Waals surface area contributed by atoms with Gasteiger partial charge in [0, 0.05) is 0 Å². The second-order valence-electron chi connectivity index (χ2n) is 3.50. The Labute approximate surface area is 77.9 Å². The van der Waals surface area contributed by atoms with E-state index in [1.165, 1.54) is 0 Å². The third-order valence-electron chi connectivity index (χ3n) is 2.52. The van der Waals surface area contributed by atoms with Gasteiger partial charge < -0.3 is 10.4 Å². The molecule has 3 heteroatoms. The molecule has 0 radical (unpaired) electrons. The Kier molecular flexibility index (Phi) is 2.19. The van der Waals surface area contributed by atoms with Crippen molar-refractivity contribution in [1.82, 2.24) is 5.32 Å². The maximum absolute atomic E-state index is 10.2. The standard InChI is InChI=1S/C10H14N2O/c13-10(4-7-11-8-5-10)9-3-1-2-6-12-9/h4-9,11,13H,1-3H2. The van der Waals surface area contributed by atoms with Gasteiger partial charge >= 0.3 is 0 Å². The van der Waals surface area contributed by atoms with Crippen LogP contribution in [0.5, 0.6) is 0 Å². The second-order valence-corrected chi connectivity index (χ2v) is 3.50. The van der Waals surface area contributed by atoms with Crippen molar-refractivity contribution in [1.29, 1.82) is 0 Å². The summed E-state index contributed by atoms with van der Waals surface area (Å²) in [5, 5.41) is 13.1. The molecule has 0 amide bonds. The maximum Gasteiger partial charge on any atom is 0.126 e. The van der Waals surface area contributed by atoms with Gasteiger partial charge in [0.2, 0.25) is 0 Å². The SMILES string of the molecule is OC1(C2CCCC=N2)C=CNC=C1. The molecule has 2 aliphatic heterocycles. The second kappa shape index (κ2) is 3.34. The smallest absolute Gasteiger partial charge is 0.126 e.